The first-order valence-electron chi connectivity index (χ1n) is 8.61. The highest BCUT2D eigenvalue weighted by molar-refractivity contribution is 6.08. The maximum atomic E-state index is 3.83. The molecule has 118 valence electrons. The van der Waals surface area contributed by atoms with Crippen molar-refractivity contribution in [2.75, 3.05) is 13.1 Å². The Kier molecular flexibility index (Phi) is 5.44. The van der Waals surface area contributed by atoms with E-state index in [9.17, 15) is 0 Å². The second kappa shape index (κ2) is 7.94. The molecule has 0 aliphatic carbocycles. The molecule has 0 saturated carbocycles. The first-order chi connectivity index (χ1) is 11.4. The van der Waals surface area contributed by atoms with Crippen molar-refractivity contribution in [1.82, 2.24) is 5.32 Å². The molecule has 1 aliphatic rings. The van der Waals surface area contributed by atoms with Crippen LogP contribution in [0.1, 0.15) is 24.8 Å². The molecule has 1 saturated heterocycles. The van der Waals surface area contributed by atoms with Gasteiger partial charge in [0.05, 0.1) is 0 Å². The van der Waals surface area contributed by atoms with E-state index in [0.717, 1.165) is 6.42 Å². The van der Waals surface area contributed by atoms with Gasteiger partial charge in [-0.25, -0.2) is 0 Å². The van der Waals surface area contributed by atoms with Crippen LogP contribution in [-0.4, -0.2) is 13.1 Å². The minimum Gasteiger partial charge on any atom is -0.317 e. The Morgan fingerprint density at radius 3 is 2.26 bits per heavy atom. The molecule has 3 aromatic rings. The molecule has 0 unspecified atom stereocenters. The first-order valence-corrected chi connectivity index (χ1v) is 8.61. The Bertz CT molecular complexity index is 773. The standard InChI is InChI=1S/C17H14.C5H11N/c1-2-6-13-8-5-10-17-15-9-4-3-7-14(15)11-12-16(13)17;1-2-4-6-5-3-1/h2-5,7-12H,1,6H2;6H,1-5H2. The number of piperidine rings is 1. The zero-order valence-electron chi connectivity index (χ0n) is 13.7. The van der Waals surface area contributed by atoms with Crippen molar-refractivity contribution >= 4 is 21.5 Å². The highest BCUT2D eigenvalue weighted by Gasteiger charge is 2.02. The summed E-state index contributed by atoms with van der Waals surface area (Å²) in [5.74, 6) is 0. The number of allylic oxidation sites excluding steroid dienone is 1. The lowest BCUT2D eigenvalue weighted by atomic mass is 9.97. The molecule has 1 heteroatoms. The second-order valence-electron chi connectivity index (χ2n) is 6.10. The summed E-state index contributed by atoms with van der Waals surface area (Å²) in [7, 11) is 0. The number of fused-ring (bicyclic) bond motifs is 3. The van der Waals surface area contributed by atoms with Crippen LogP contribution in [0.3, 0.4) is 0 Å². The van der Waals surface area contributed by atoms with E-state index in [0.29, 0.717) is 0 Å². The van der Waals surface area contributed by atoms with E-state index in [-0.39, 0.29) is 0 Å². The van der Waals surface area contributed by atoms with Crippen molar-refractivity contribution < 1.29 is 0 Å². The SMILES string of the molecule is C1CCNCC1.C=CCc1cccc2c1ccc1ccccc12. The lowest BCUT2D eigenvalue weighted by Crippen LogP contribution is -2.21. The van der Waals surface area contributed by atoms with Crippen molar-refractivity contribution in [3.8, 4) is 0 Å². The largest absolute Gasteiger partial charge is 0.317 e. The molecular weight excluding hydrogens is 278 g/mol. The van der Waals surface area contributed by atoms with E-state index < -0.39 is 0 Å². The van der Waals surface area contributed by atoms with Gasteiger partial charge in [-0.2, -0.15) is 0 Å². The summed E-state index contributed by atoms with van der Waals surface area (Å²) in [5.41, 5.74) is 1.35. The van der Waals surface area contributed by atoms with Gasteiger partial charge < -0.3 is 5.32 Å². The molecule has 0 aromatic heterocycles. The van der Waals surface area contributed by atoms with Gasteiger partial charge >= 0.3 is 0 Å². The van der Waals surface area contributed by atoms with Crippen LogP contribution in [0.25, 0.3) is 21.5 Å². The maximum Gasteiger partial charge on any atom is -0.00489 e. The zero-order valence-corrected chi connectivity index (χ0v) is 13.7. The topological polar surface area (TPSA) is 12.0 Å². The molecule has 1 nitrogen and oxygen atoms in total. The summed E-state index contributed by atoms with van der Waals surface area (Å²) in [6, 6.07) is 19.5. The van der Waals surface area contributed by atoms with Gasteiger partial charge in [-0.15, -0.1) is 6.58 Å². The predicted molar refractivity (Wildman–Crippen MR) is 102 cm³/mol. The average molecular weight is 303 g/mol. The average Bonchev–Trinajstić information content (AvgIpc) is 2.64. The van der Waals surface area contributed by atoms with Gasteiger partial charge in [0.15, 0.2) is 0 Å². The fraction of sp³-hybridized carbons (Fsp3) is 0.273. The molecule has 3 aromatic carbocycles. The molecule has 0 radical (unpaired) electrons. The molecule has 23 heavy (non-hydrogen) atoms. The first kappa shape index (κ1) is 15.8. The van der Waals surface area contributed by atoms with Gasteiger partial charge in [0, 0.05) is 0 Å². The minimum absolute atomic E-state index is 0.926. The maximum absolute atomic E-state index is 3.83. The summed E-state index contributed by atoms with van der Waals surface area (Å²) in [5, 5.41) is 8.59. The molecule has 1 heterocycles. The molecule has 0 amide bonds. The Balaban J connectivity index is 0.000000220. The van der Waals surface area contributed by atoms with Gasteiger partial charge in [-0.3, -0.25) is 0 Å². The smallest absolute Gasteiger partial charge is 0.00489 e. The van der Waals surface area contributed by atoms with Crippen molar-refractivity contribution in [2.24, 2.45) is 0 Å². The molecule has 0 atom stereocenters. The Hall–Kier alpha value is -2.12. The fourth-order valence-corrected chi connectivity index (χ4v) is 3.24. The highest BCUT2D eigenvalue weighted by atomic mass is 14.9. The van der Waals surface area contributed by atoms with Crippen LogP contribution in [0.15, 0.2) is 67.3 Å². The van der Waals surface area contributed by atoms with Crippen LogP contribution in [0.4, 0.5) is 0 Å². The van der Waals surface area contributed by atoms with Crippen molar-refractivity contribution in [1.29, 1.82) is 0 Å². The number of hydrogen-bond acceptors (Lipinski definition) is 1. The second-order valence-corrected chi connectivity index (χ2v) is 6.10. The summed E-state index contributed by atoms with van der Waals surface area (Å²) in [4.78, 5) is 0. The van der Waals surface area contributed by atoms with Crippen molar-refractivity contribution in [3.05, 3.63) is 72.8 Å². The van der Waals surface area contributed by atoms with Crippen LogP contribution in [0, 0.1) is 0 Å². The predicted octanol–water partition coefficient (Wildman–Crippen LogP) is 5.48. The van der Waals surface area contributed by atoms with Gasteiger partial charge in [-0.05, 0) is 59.5 Å². The van der Waals surface area contributed by atoms with E-state index in [2.05, 4.69) is 66.5 Å². The molecular formula is C22H25N. The van der Waals surface area contributed by atoms with Crippen LogP contribution in [0.5, 0.6) is 0 Å². The minimum atomic E-state index is 0.926. The third-order valence-electron chi connectivity index (χ3n) is 4.45. The summed E-state index contributed by atoms with van der Waals surface area (Å²) < 4.78 is 0. The van der Waals surface area contributed by atoms with Gasteiger partial charge in [0.2, 0.25) is 0 Å². The van der Waals surface area contributed by atoms with Crippen LogP contribution in [-0.2, 0) is 6.42 Å². The lowest BCUT2D eigenvalue weighted by molar-refractivity contribution is 0.520. The molecule has 1 aliphatic heterocycles. The van der Waals surface area contributed by atoms with E-state index >= 15 is 0 Å². The van der Waals surface area contributed by atoms with Crippen molar-refractivity contribution in [3.63, 3.8) is 0 Å². The van der Waals surface area contributed by atoms with E-state index in [1.807, 2.05) is 6.08 Å². The lowest BCUT2D eigenvalue weighted by Gasteiger charge is -2.08. The summed E-state index contributed by atoms with van der Waals surface area (Å²) in [6.45, 7) is 6.33. The number of hydrogen-bond donors (Lipinski definition) is 1. The fourth-order valence-electron chi connectivity index (χ4n) is 3.24. The monoisotopic (exact) mass is 303 g/mol. The van der Waals surface area contributed by atoms with Crippen LogP contribution >= 0.6 is 0 Å². The van der Waals surface area contributed by atoms with Crippen LogP contribution < -0.4 is 5.32 Å². The number of nitrogens with one attached hydrogen (secondary N) is 1. The van der Waals surface area contributed by atoms with E-state index in [1.54, 1.807) is 0 Å². The van der Waals surface area contributed by atoms with E-state index in [1.165, 1.54) is 59.5 Å². The van der Waals surface area contributed by atoms with E-state index in [4.69, 9.17) is 0 Å². The van der Waals surface area contributed by atoms with Crippen molar-refractivity contribution in [2.45, 2.75) is 25.7 Å². The quantitative estimate of drug-likeness (QED) is 0.488. The van der Waals surface area contributed by atoms with Gasteiger partial charge in [0.1, 0.15) is 0 Å². The van der Waals surface area contributed by atoms with Gasteiger partial charge in [0.25, 0.3) is 0 Å². The van der Waals surface area contributed by atoms with Crippen LogP contribution in [0.2, 0.25) is 0 Å². The van der Waals surface area contributed by atoms with Gasteiger partial charge in [-0.1, -0.05) is 67.1 Å². The highest BCUT2D eigenvalue weighted by Crippen LogP contribution is 2.27. The third kappa shape index (κ3) is 3.80. The Morgan fingerprint density at radius 1 is 0.783 bits per heavy atom. The summed E-state index contributed by atoms with van der Waals surface area (Å²) in [6.07, 6.45) is 7.10. The zero-order chi connectivity index (χ0) is 15.9. The molecule has 1 N–H and O–H groups in total. The molecule has 4 rings (SSSR count). The summed E-state index contributed by atoms with van der Waals surface area (Å²) >= 11 is 0. The molecule has 0 bridgehead atoms. The number of rotatable bonds is 2. The normalized spacial score (nSPS) is 14.3. The third-order valence-corrected chi connectivity index (χ3v) is 4.45. The Labute approximate surface area is 139 Å². The number of benzene rings is 3. The molecule has 0 spiro atoms. The Morgan fingerprint density at radius 2 is 1.57 bits per heavy atom. The molecule has 1 fully saturated rings.